The summed E-state index contributed by atoms with van der Waals surface area (Å²) in [6.07, 6.45) is 0.225. The number of carbonyl (C=O) groups excluding carboxylic acids is 1. The van der Waals surface area contributed by atoms with Crippen LogP contribution in [0.3, 0.4) is 0 Å². The van der Waals surface area contributed by atoms with Gasteiger partial charge in [-0.25, -0.2) is 0 Å². The van der Waals surface area contributed by atoms with Crippen LogP contribution in [0.5, 0.6) is 17.2 Å². The molecule has 4 nitrogen and oxygen atoms in total. The Kier molecular flexibility index (Phi) is 4.53. The quantitative estimate of drug-likeness (QED) is 0.642. The van der Waals surface area contributed by atoms with Gasteiger partial charge in [-0.1, -0.05) is 30.3 Å². The number of carbonyl (C=O) groups is 1. The summed E-state index contributed by atoms with van der Waals surface area (Å²) in [6, 6.07) is 9.40. The first kappa shape index (κ1) is 15.4. The van der Waals surface area contributed by atoms with Crippen LogP contribution in [0.4, 0.5) is 0 Å². The Morgan fingerprint density at radius 1 is 1.19 bits per heavy atom. The lowest BCUT2D eigenvalue weighted by Crippen LogP contribution is -2.06. The molecule has 0 aliphatic rings. The van der Waals surface area contributed by atoms with Crippen LogP contribution in [-0.2, 0) is 0 Å². The summed E-state index contributed by atoms with van der Waals surface area (Å²) >= 11 is 3.14. The molecule has 5 heteroatoms. The maximum absolute atomic E-state index is 11.3. The molecule has 0 saturated heterocycles. The van der Waals surface area contributed by atoms with Gasteiger partial charge in [-0.05, 0) is 40.9 Å². The van der Waals surface area contributed by atoms with E-state index in [1.807, 2.05) is 30.3 Å². The fourth-order valence-corrected chi connectivity index (χ4v) is 2.44. The number of phenols is 2. The molecule has 0 bridgehead atoms. The Morgan fingerprint density at radius 3 is 2.38 bits per heavy atom. The van der Waals surface area contributed by atoms with E-state index in [2.05, 4.69) is 15.9 Å². The van der Waals surface area contributed by atoms with E-state index >= 15 is 0 Å². The average Bonchev–Trinajstić information content (AvgIpc) is 2.51. The van der Waals surface area contributed by atoms with Crippen LogP contribution in [0.1, 0.15) is 34.5 Å². The molecule has 0 heterocycles. The number of aromatic hydroxyl groups is 2. The minimum atomic E-state index is -0.447. The third-order valence-electron chi connectivity index (χ3n) is 3.31. The van der Waals surface area contributed by atoms with Crippen molar-refractivity contribution in [1.29, 1.82) is 0 Å². The Bertz CT molecular complexity index is 668. The van der Waals surface area contributed by atoms with Gasteiger partial charge in [-0.2, -0.15) is 0 Å². The average molecular weight is 351 g/mol. The highest BCUT2D eigenvalue weighted by Crippen LogP contribution is 2.46. The molecular weight excluding hydrogens is 336 g/mol. The van der Waals surface area contributed by atoms with Crippen LogP contribution in [0.15, 0.2) is 34.8 Å². The van der Waals surface area contributed by atoms with E-state index in [0.717, 1.165) is 5.56 Å². The molecule has 0 aliphatic heterocycles. The molecule has 0 saturated carbocycles. The molecule has 1 atom stereocenters. The number of hydrogen-bond acceptors (Lipinski definition) is 4. The van der Waals surface area contributed by atoms with Gasteiger partial charge >= 0.3 is 0 Å². The van der Waals surface area contributed by atoms with Crippen LogP contribution in [0.2, 0.25) is 0 Å². The summed E-state index contributed by atoms with van der Waals surface area (Å²) < 4.78 is 5.99. The topological polar surface area (TPSA) is 66.8 Å². The summed E-state index contributed by atoms with van der Waals surface area (Å²) in [5.41, 5.74) is 1.62. The molecule has 2 aromatic rings. The SMILES string of the molecule is Cc1c(Br)c(O)c(O)c(O[C@@H](C)c2ccccc2)c1C=O. The summed E-state index contributed by atoms with van der Waals surface area (Å²) in [5.74, 6) is -0.801. The predicted molar refractivity (Wildman–Crippen MR) is 83.1 cm³/mol. The fraction of sp³-hybridized carbons (Fsp3) is 0.188. The maximum atomic E-state index is 11.3. The monoisotopic (exact) mass is 350 g/mol. The summed E-state index contributed by atoms with van der Waals surface area (Å²) in [7, 11) is 0. The Hall–Kier alpha value is -2.01. The molecule has 0 spiro atoms. The van der Waals surface area contributed by atoms with Crippen molar-refractivity contribution >= 4 is 22.2 Å². The van der Waals surface area contributed by atoms with E-state index in [-0.39, 0.29) is 27.6 Å². The number of hydrogen-bond donors (Lipinski definition) is 2. The van der Waals surface area contributed by atoms with Crippen molar-refractivity contribution in [2.75, 3.05) is 0 Å². The number of aldehydes is 1. The second-order valence-electron chi connectivity index (χ2n) is 4.67. The van der Waals surface area contributed by atoms with Crippen molar-refractivity contribution in [1.82, 2.24) is 0 Å². The second-order valence-corrected chi connectivity index (χ2v) is 5.46. The van der Waals surface area contributed by atoms with Crippen molar-refractivity contribution in [3.63, 3.8) is 0 Å². The van der Waals surface area contributed by atoms with Gasteiger partial charge in [0.1, 0.15) is 6.10 Å². The highest BCUT2D eigenvalue weighted by molar-refractivity contribution is 9.10. The molecule has 0 aliphatic carbocycles. The molecule has 0 aromatic heterocycles. The van der Waals surface area contributed by atoms with E-state index in [4.69, 9.17) is 4.74 Å². The van der Waals surface area contributed by atoms with Gasteiger partial charge in [-0.15, -0.1) is 0 Å². The third-order valence-corrected chi connectivity index (χ3v) is 4.28. The molecule has 110 valence electrons. The van der Waals surface area contributed by atoms with Crippen molar-refractivity contribution in [3.05, 3.63) is 51.5 Å². The molecular formula is C16H15BrO4. The predicted octanol–water partition coefficient (Wildman–Crippen LogP) is 4.12. The minimum absolute atomic E-state index is 0.0143. The van der Waals surface area contributed by atoms with E-state index < -0.39 is 5.75 Å². The first-order valence-corrected chi connectivity index (χ1v) is 7.17. The Morgan fingerprint density at radius 2 is 1.81 bits per heavy atom. The van der Waals surface area contributed by atoms with Gasteiger partial charge in [0.25, 0.3) is 0 Å². The van der Waals surface area contributed by atoms with Gasteiger partial charge in [0.2, 0.25) is 5.75 Å². The number of halogens is 1. The Balaban J connectivity index is 2.47. The number of benzene rings is 2. The summed E-state index contributed by atoms with van der Waals surface area (Å²) in [6.45, 7) is 3.46. The van der Waals surface area contributed by atoms with Crippen LogP contribution < -0.4 is 4.74 Å². The van der Waals surface area contributed by atoms with Crippen molar-refractivity contribution < 1.29 is 19.7 Å². The van der Waals surface area contributed by atoms with Crippen molar-refractivity contribution in [2.45, 2.75) is 20.0 Å². The first-order chi connectivity index (χ1) is 9.97. The molecule has 0 unspecified atom stereocenters. The van der Waals surface area contributed by atoms with Gasteiger partial charge in [0.05, 0.1) is 10.0 Å². The third kappa shape index (κ3) is 2.88. The van der Waals surface area contributed by atoms with Crippen molar-refractivity contribution in [2.24, 2.45) is 0 Å². The second kappa shape index (κ2) is 6.18. The van der Waals surface area contributed by atoms with Crippen LogP contribution in [-0.4, -0.2) is 16.5 Å². The molecule has 0 amide bonds. The van der Waals surface area contributed by atoms with Gasteiger partial charge in [-0.3, -0.25) is 4.79 Å². The number of rotatable bonds is 4. The smallest absolute Gasteiger partial charge is 0.202 e. The summed E-state index contributed by atoms with van der Waals surface area (Å²) in [4.78, 5) is 11.3. The lowest BCUT2D eigenvalue weighted by atomic mass is 10.1. The minimum Gasteiger partial charge on any atom is -0.503 e. The molecule has 0 fully saturated rings. The van der Waals surface area contributed by atoms with E-state index in [9.17, 15) is 15.0 Å². The number of ether oxygens (including phenoxy) is 1. The first-order valence-electron chi connectivity index (χ1n) is 6.38. The van der Waals surface area contributed by atoms with Gasteiger partial charge in [0.15, 0.2) is 17.8 Å². The van der Waals surface area contributed by atoms with E-state index in [1.54, 1.807) is 13.8 Å². The zero-order chi connectivity index (χ0) is 15.6. The molecule has 2 N–H and O–H groups in total. The molecule has 2 aromatic carbocycles. The van der Waals surface area contributed by atoms with Crippen LogP contribution in [0.25, 0.3) is 0 Å². The van der Waals surface area contributed by atoms with Gasteiger partial charge in [0, 0.05) is 0 Å². The molecule has 0 radical (unpaired) electrons. The lowest BCUT2D eigenvalue weighted by molar-refractivity contribution is 0.111. The number of phenolic OH excluding ortho intramolecular Hbond substituents is 2. The largest absolute Gasteiger partial charge is 0.503 e. The standard InChI is InChI=1S/C16H15BrO4/c1-9-12(8-18)16(15(20)14(19)13(9)17)21-10(2)11-6-4-3-5-7-11/h3-8,10,19-20H,1-2H3/t10-/m0/s1. The van der Waals surface area contributed by atoms with Crippen molar-refractivity contribution in [3.8, 4) is 17.2 Å². The summed E-state index contributed by atoms with van der Waals surface area (Å²) in [5, 5.41) is 19.9. The highest BCUT2D eigenvalue weighted by Gasteiger charge is 2.23. The normalized spacial score (nSPS) is 12.0. The zero-order valence-corrected chi connectivity index (χ0v) is 13.2. The molecule has 21 heavy (non-hydrogen) atoms. The van der Waals surface area contributed by atoms with Crippen LogP contribution >= 0.6 is 15.9 Å². The van der Waals surface area contributed by atoms with E-state index in [0.29, 0.717) is 11.8 Å². The Labute approximate surface area is 131 Å². The highest BCUT2D eigenvalue weighted by atomic mass is 79.9. The zero-order valence-electron chi connectivity index (χ0n) is 11.6. The maximum Gasteiger partial charge on any atom is 0.202 e. The van der Waals surface area contributed by atoms with Gasteiger partial charge < -0.3 is 14.9 Å². The van der Waals surface area contributed by atoms with Crippen LogP contribution in [0, 0.1) is 6.92 Å². The fourth-order valence-electron chi connectivity index (χ4n) is 2.04. The van der Waals surface area contributed by atoms with E-state index in [1.165, 1.54) is 0 Å². The molecule has 2 rings (SSSR count). The lowest BCUT2D eigenvalue weighted by Gasteiger charge is -2.19.